The molecule has 0 amide bonds. The summed E-state index contributed by atoms with van der Waals surface area (Å²) >= 11 is 0. The number of aldehydes is 1. The molecule has 0 aromatic heterocycles. The minimum absolute atomic E-state index is 0.194. The van der Waals surface area contributed by atoms with Crippen LogP contribution < -0.4 is 0 Å². The molecule has 2 rings (SSSR count). The van der Waals surface area contributed by atoms with Crippen molar-refractivity contribution in [2.45, 2.75) is 6.92 Å². The topological polar surface area (TPSA) is 37.3 Å². The van der Waals surface area contributed by atoms with E-state index in [1.165, 1.54) is 0 Å². The fourth-order valence-electron chi connectivity index (χ4n) is 1.72. The van der Waals surface area contributed by atoms with Crippen LogP contribution in [0.3, 0.4) is 0 Å². The van der Waals surface area contributed by atoms with Crippen LogP contribution in [0.25, 0.3) is 11.1 Å². The van der Waals surface area contributed by atoms with Crippen LogP contribution in [-0.4, -0.2) is 11.4 Å². The first-order valence-electron chi connectivity index (χ1n) is 5.06. The van der Waals surface area contributed by atoms with E-state index in [-0.39, 0.29) is 5.75 Å². The maximum atomic E-state index is 10.7. The molecular formula is C14H12O2. The van der Waals surface area contributed by atoms with E-state index in [9.17, 15) is 9.90 Å². The number of phenolic OH excluding ortho intramolecular Hbond substituents is 1. The molecule has 2 aromatic rings. The van der Waals surface area contributed by atoms with Crippen LogP contribution in [0.2, 0.25) is 0 Å². The second-order valence-electron chi connectivity index (χ2n) is 3.71. The fraction of sp³-hybridized carbons (Fsp3) is 0.0714. The van der Waals surface area contributed by atoms with Gasteiger partial charge in [0.1, 0.15) is 12.0 Å². The zero-order valence-electron chi connectivity index (χ0n) is 8.97. The Labute approximate surface area is 94.2 Å². The summed E-state index contributed by atoms with van der Waals surface area (Å²) in [5, 5.41) is 9.79. The zero-order valence-corrected chi connectivity index (χ0v) is 8.97. The van der Waals surface area contributed by atoms with Crippen molar-refractivity contribution in [3.8, 4) is 16.9 Å². The number of rotatable bonds is 2. The van der Waals surface area contributed by atoms with Crippen molar-refractivity contribution in [1.82, 2.24) is 0 Å². The van der Waals surface area contributed by atoms with Gasteiger partial charge in [-0.15, -0.1) is 0 Å². The van der Waals surface area contributed by atoms with Gasteiger partial charge in [0.15, 0.2) is 0 Å². The average molecular weight is 212 g/mol. The minimum Gasteiger partial charge on any atom is -0.507 e. The maximum Gasteiger partial charge on any atom is 0.150 e. The van der Waals surface area contributed by atoms with Crippen LogP contribution in [0.5, 0.6) is 5.75 Å². The molecule has 0 saturated carbocycles. The molecule has 0 heterocycles. The molecule has 2 nitrogen and oxygen atoms in total. The molecule has 0 fully saturated rings. The second-order valence-corrected chi connectivity index (χ2v) is 3.71. The Bertz CT molecular complexity index is 530. The predicted octanol–water partition coefficient (Wildman–Crippen LogP) is 3.18. The molecule has 2 heteroatoms. The summed E-state index contributed by atoms with van der Waals surface area (Å²) in [5.41, 5.74) is 3.28. The van der Waals surface area contributed by atoms with Crippen LogP contribution in [-0.2, 0) is 0 Å². The Morgan fingerprint density at radius 3 is 2.50 bits per heavy atom. The van der Waals surface area contributed by atoms with Gasteiger partial charge in [-0.05, 0) is 36.2 Å². The largest absolute Gasteiger partial charge is 0.507 e. The average Bonchev–Trinajstić information content (AvgIpc) is 2.31. The van der Waals surface area contributed by atoms with Gasteiger partial charge in [0, 0.05) is 11.1 Å². The van der Waals surface area contributed by atoms with E-state index in [1.54, 1.807) is 18.2 Å². The van der Waals surface area contributed by atoms with Gasteiger partial charge < -0.3 is 5.11 Å². The van der Waals surface area contributed by atoms with E-state index in [2.05, 4.69) is 0 Å². The van der Waals surface area contributed by atoms with Crippen LogP contribution in [0.4, 0.5) is 0 Å². The standard InChI is InChI=1S/C14H12O2/c1-10-4-2-3-5-12(10)13-8-11(9-15)6-7-14(13)16/h2-9,16H,1H3. The Balaban J connectivity index is 2.63. The smallest absolute Gasteiger partial charge is 0.150 e. The van der Waals surface area contributed by atoms with E-state index in [0.717, 1.165) is 17.4 Å². The lowest BCUT2D eigenvalue weighted by Gasteiger charge is -2.08. The Morgan fingerprint density at radius 1 is 1.06 bits per heavy atom. The van der Waals surface area contributed by atoms with E-state index in [0.29, 0.717) is 11.1 Å². The van der Waals surface area contributed by atoms with Gasteiger partial charge in [0.2, 0.25) is 0 Å². The molecule has 0 aliphatic rings. The number of aryl methyl sites for hydroxylation is 1. The zero-order chi connectivity index (χ0) is 11.5. The normalized spacial score (nSPS) is 10.1. The molecule has 0 saturated heterocycles. The molecule has 0 atom stereocenters. The third-order valence-corrected chi connectivity index (χ3v) is 2.59. The van der Waals surface area contributed by atoms with E-state index < -0.39 is 0 Å². The molecule has 0 radical (unpaired) electrons. The van der Waals surface area contributed by atoms with Gasteiger partial charge in [0.25, 0.3) is 0 Å². The molecule has 1 N–H and O–H groups in total. The van der Waals surface area contributed by atoms with Gasteiger partial charge in [0.05, 0.1) is 0 Å². The summed E-state index contributed by atoms with van der Waals surface area (Å²) in [6.07, 6.45) is 0.779. The summed E-state index contributed by atoms with van der Waals surface area (Å²) in [5.74, 6) is 0.194. The molecule has 0 bridgehead atoms. The number of hydrogen-bond acceptors (Lipinski definition) is 2. The number of aromatic hydroxyl groups is 1. The highest BCUT2D eigenvalue weighted by Crippen LogP contribution is 2.31. The van der Waals surface area contributed by atoms with Gasteiger partial charge in [-0.2, -0.15) is 0 Å². The minimum atomic E-state index is 0.194. The van der Waals surface area contributed by atoms with E-state index >= 15 is 0 Å². The number of carbonyl (C=O) groups excluding carboxylic acids is 1. The third-order valence-electron chi connectivity index (χ3n) is 2.59. The molecule has 0 aliphatic carbocycles. The van der Waals surface area contributed by atoms with Crippen LogP contribution >= 0.6 is 0 Å². The predicted molar refractivity (Wildman–Crippen MR) is 63.7 cm³/mol. The van der Waals surface area contributed by atoms with E-state index in [1.807, 2.05) is 31.2 Å². The number of benzene rings is 2. The quantitative estimate of drug-likeness (QED) is 0.776. The van der Waals surface area contributed by atoms with Gasteiger partial charge in [-0.1, -0.05) is 24.3 Å². The SMILES string of the molecule is Cc1ccccc1-c1cc(C=O)ccc1O. The van der Waals surface area contributed by atoms with Crippen molar-refractivity contribution >= 4 is 6.29 Å². The molecular weight excluding hydrogens is 200 g/mol. The summed E-state index contributed by atoms with van der Waals surface area (Å²) in [6.45, 7) is 1.97. The van der Waals surface area contributed by atoms with Crippen molar-refractivity contribution in [3.05, 3.63) is 53.6 Å². The third kappa shape index (κ3) is 1.82. The van der Waals surface area contributed by atoms with Gasteiger partial charge >= 0.3 is 0 Å². The second kappa shape index (κ2) is 4.19. The fourth-order valence-corrected chi connectivity index (χ4v) is 1.72. The summed E-state index contributed by atoms with van der Waals surface area (Å²) in [6, 6.07) is 12.6. The molecule has 0 aliphatic heterocycles. The Kier molecular flexibility index (Phi) is 2.73. The number of carbonyl (C=O) groups is 1. The highest BCUT2D eigenvalue weighted by Gasteiger charge is 2.07. The first-order chi connectivity index (χ1) is 7.72. The van der Waals surface area contributed by atoms with E-state index in [4.69, 9.17) is 0 Å². The number of phenols is 1. The van der Waals surface area contributed by atoms with Crippen molar-refractivity contribution in [1.29, 1.82) is 0 Å². The first kappa shape index (κ1) is 10.4. The number of hydrogen-bond donors (Lipinski definition) is 1. The van der Waals surface area contributed by atoms with Crippen molar-refractivity contribution in [3.63, 3.8) is 0 Å². The molecule has 0 unspecified atom stereocenters. The maximum absolute atomic E-state index is 10.7. The monoisotopic (exact) mass is 212 g/mol. The van der Waals surface area contributed by atoms with Crippen molar-refractivity contribution < 1.29 is 9.90 Å². The Morgan fingerprint density at radius 2 is 1.81 bits per heavy atom. The lowest BCUT2D eigenvalue weighted by Crippen LogP contribution is -1.86. The van der Waals surface area contributed by atoms with Crippen molar-refractivity contribution in [2.24, 2.45) is 0 Å². The molecule has 0 spiro atoms. The van der Waals surface area contributed by atoms with Crippen molar-refractivity contribution in [2.75, 3.05) is 0 Å². The van der Waals surface area contributed by atoms with Gasteiger partial charge in [-0.3, -0.25) is 4.79 Å². The summed E-state index contributed by atoms with van der Waals surface area (Å²) in [7, 11) is 0. The van der Waals surface area contributed by atoms with Crippen LogP contribution in [0, 0.1) is 6.92 Å². The van der Waals surface area contributed by atoms with Gasteiger partial charge in [-0.25, -0.2) is 0 Å². The molecule has 2 aromatic carbocycles. The first-order valence-corrected chi connectivity index (χ1v) is 5.06. The lowest BCUT2D eigenvalue weighted by atomic mass is 9.98. The molecule has 16 heavy (non-hydrogen) atoms. The van der Waals surface area contributed by atoms with Crippen LogP contribution in [0.1, 0.15) is 15.9 Å². The van der Waals surface area contributed by atoms with Crippen LogP contribution in [0.15, 0.2) is 42.5 Å². The summed E-state index contributed by atoms with van der Waals surface area (Å²) < 4.78 is 0. The highest BCUT2D eigenvalue weighted by molar-refractivity contribution is 5.82. The lowest BCUT2D eigenvalue weighted by molar-refractivity contribution is 0.112. The highest BCUT2D eigenvalue weighted by atomic mass is 16.3. The Hall–Kier alpha value is -2.09. The summed E-state index contributed by atoms with van der Waals surface area (Å²) in [4.78, 5) is 10.7. The molecule has 80 valence electrons.